The van der Waals surface area contributed by atoms with Crippen LogP contribution >= 0.6 is 0 Å². The second-order valence-corrected chi connectivity index (χ2v) is 4.81. The maximum Gasteiger partial charge on any atom is 0.322 e. The monoisotopic (exact) mass is 234 g/mol. The quantitative estimate of drug-likeness (QED) is 0.742. The van der Waals surface area contributed by atoms with Gasteiger partial charge in [0.05, 0.1) is 6.04 Å². The number of nitrogens with one attached hydrogen (secondary N) is 2. The summed E-state index contributed by atoms with van der Waals surface area (Å²) in [7, 11) is 0. The van der Waals surface area contributed by atoms with E-state index in [4.69, 9.17) is 0 Å². The molecule has 92 valence electrons. The molecule has 1 aromatic rings. The molecule has 3 N–H and O–H groups in total. The highest BCUT2D eigenvalue weighted by atomic mass is 16.4. The molecule has 0 amide bonds. The molecule has 3 unspecified atom stereocenters. The van der Waals surface area contributed by atoms with Crippen LogP contribution in [-0.4, -0.2) is 17.1 Å². The zero-order valence-electron chi connectivity index (χ0n) is 10.1. The lowest BCUT2D eigenvalue weighted by Crippen LogP contribution is -2.39. The summed E-state index contributed by atoms with van der Waals surface area (Å²) in [5.41, 5.74) is 7.12. The third-order valence-electron chi connectivity index (χ3n) is 3.36. The molecule has 2 rings (SSSR count). The summed E-state index contributed by atoms with van der Waals surface area (Å²) in [5, 5.41) is 9.19. The van der Waals surface area contributed by atoms with Gasteiger partial charge in [0.15, 0.2) is 0 Å². The fourth-order valence-electron chi connectivity index (χ4n) is 2.53. The minimum absolute atomic E-state index is 0.0508. The van der Waals surface area contributed by atoms with E-state index in [1.54, 1.807) is 0 Å². The van der Waals surface area contributed by atoms with Gasteiger partial charge in [0, 0.05) is 5.92 Å². The molecule has 0 aliphatic carbocycles. The Balaban J connectivity index is 2.27. The molecule has 4 nitrogen and oxygen atoms in total. The molecule has 0 saturated carbocycles. The maximum absolute atomic E-state index is 11.2. The molecule has 0 radical (unpaired) electrons. The second-order valence-electron chi connectivity index (χ2n) is 4.81. The molecule has 3 atom stereocenters. The first-order valence-electron chi connectivity index (χ1n) is 5.90. The van der Waals surface area contributed by atoms with Crippen LogP contribution in [0.4, 0.5) is 0 Å². The van der Waals surface area contributed by atoms with Crippen LogP contribution in [0.1, 0.15) is 25.5 Å². The molecule has 1 aromatic carbocycles. The number of aliphatic carboxylic acids is 1. The predicted octanol–water partition coefficient (Wildman–Crippen LogP) is 1.56. The summed E-state index contributed by atoms with van der Waals surface area (Å²) >= 11 is 0. The first-order valence-corrected chi connectivity index (χ1v) is 5.90. The molecule has 1 aliphatic heterocycles. The standard InChI is InChI=1S/C13H18N2O2/c1-8(2)10-11(9-6-4-3-5-7-9)14-15-12(10)13(16)17/h3-8,10-12,14-15H,1-2H3,(H,16,17). The lowest BCUT2D eigenvalue weighted by Gasteiger charge is -2.24. The minimum atomic E-state index is -0.797. The van der Waals surface area contributed by atoms with Crippen molar-refractivity contribution in [1.82, 2.24) is 10.9 Å². The summed E-state index contributed by atoms with van der Waals surface area (Å²) in [4.78, 5) is 11.2. The van der Waals surface area contributed by atoms with Crippen molar-refractivity contribution < 1.29 is 9.90 Å². The van der Waals surface area contributed by atoms with Gasteiger partial charge in [0.2, 0.25) is 0 Å². The van der Waals surface area contributed by atoms with Crippen molar-refractivity contribution in [3.05, 3.63) is 35.9 Å². The van der Waals surface area contributed by atoms with E-state index < -0.39 is 12.0 Å². The summed E-state index contributed by atoms with van der Waals surface area (Å²) < 4.78 is 0. The zero-order chi connectivity index (χ0) is 12.4. The van der Waals surface area contributed by atoms with Gasteiger partial charge in [-0.1, -0.05) is 44.2 Å². The number of carbonyl (C=O) groups is 1. The van der Waals surface area contributed by atoms with E-state index >= 15 is 0 Å². The van der Waals surface area contributed by atoms with E-state index in [1.165, 1.54) is 0 Å². The first-order chi connectivity index (χ1) is 8.11. The second kappa shape index (κ2) is 4.85. The van der Waals surface area contributed by atoms with Gasteiger partial charge < -0.3 is 5.11 Å². The molecule has 0 aromatic heterocycles. The topological polar surface area (TPSA) is 61.4 Å². The van der Waals surface area contributed by atoms with Crippen molar-refractivity contribution in [2.24, 2.45) is 11.8 Å². The molecular formula is C13H18N2O2. The van der Waals surface area contributed by atoms with Crippen molar-refractivity contribution in [3.8, 4) is 0 Å². The van der Waals surface area contributed by atoms with Crippen molar-refractivity contribution in [2.75, 3.05) is 0 Å². The van der Waals surface area contributed by atoms with Crippen molar-refractivity contribution >= 4 is 5.97 Å². The number of hydrogen-bond acceptors (Lipinski definition) is 3. The van der Waals surface area contributed by atoms with Crippen LogP contribution < -0.4 is 10.9 Å². The van der Waals surface area contributed by atoms with Gasteiger partial charge in [-0.15, -0.1) is 0 Å². The SMILES string of the molecule is CC(C)C1C(C(=O)O)NNC1c1ccccc1. The van der Waals surface area contributed by atoms with E-state index in [0.29, 0.717) is 5.92 Å². The molecule has 1 saturated heterocycles. The van der Waals surface area contributed by atoms with E-state index in [-0.39, 0.29) is 12.0 Å². The van der Waals surface area contributed by atoms with E-state index in [9.17, 15) is 9.90 Å². The number of benzene rings is 1. The van der Waals surface area contributed by atoms with E-state index in [2.05, 4.69) is 24.7 Å². The van der Waals surface area contributed by atoms with Crippen LogP contribution in [0.5, 0.6) is 0 Å². The van der Waals surface area contributed by atoms with Crippen LogP contribution in [-0.2, 0) is 4.79 Å². The van der Waals surface area contributed by atoms with Crippen LogP contribution in [0.15, 0.2) is 30.3 Å². The van der Waals surface area contributed by atoms with Gasteiger partial charge in [-0.25, -0.2) is 10.9 Å². The Hall–Kier alpha value is -1.39. The van der Waals surface area contributed by atoms with Gasteiger partial charge in [0.1, 0.15) is 6.04 Å². The molecule has 1 fully saturated rings. The number of carboxylic acids is 1. The predicted molar refractivity (Wildman–Crippen MR) is 65.2 cm³/mol. The zero-order valence-corrected chi connectivity index (χ0v) is 10.1. The lowest BCUT2D eigenvalue weighted by molar-refractivity contribution is -0.140. The number of hydrazine groups is 1. The van der Waals surface area contributed by atoms with Crippen LogP contribution in [0, 0.1) is 11.8 Å². The van der Waals surface area contributed by atoms with Crippen LogP contribution in [0.3, 0.4) is 0 Å². The molecular weight excluding hydrogens is 216 g/mol. The summed E-state index contributed by atoms with van der Waals surface area (Å²) in [6, 6.07) is 9.49. The van der Waals surface area contributed by atoms with E-state index in [0.717, 1.165) is 5.56 Å². The molecule has 1 heterocycles. The van der Waals surface area contributed by atoms with Crippen molar-refractivity contribution in [3.63, 3.8) is 0 Å². The van der Waals surface area contributed by atoms with Crippen molar-refractivity contribution in [2.45, 2.75) is 25.9 Å². The Morgan fingerprint density at radius 3 is 2.41 bits per heavy atom. The Kier molecular flexibility index (Phi) is 3.45. The van der Waals surface area contributed by atoms with Gasteiger partial charge in [-0.2, -0.15) is 0 Å². The summed E-state index contributed by atoms with van der Waals surface area (Å²) in [6.45, 7) is 4.12. The fraction of sp³-hybridized carbons (Fsp3) is 0.462. The van der Waals surface area contributed by atoms with Crippen molar-refractivity contribution in [1.29, 1.82) is 0 Å². The smallest absolute Gasteiger partial charge is 0.322 e. The van der Waals surface area contributed by atoms with Gasteiger partial charge in [0.25, 0.3) is 0 Å². The highest BCUT2D eigenvalue weighted by molar-refractivity contribution is 5.74. The van der Waals surface area contributed by atoms with Gasteiger partial charge in [-0.05, 0) is 11.5 Å². The Morgan fingerprint density at radius 1 is 1.24 bits per heavy atom. The van der Waals surface area contributed by atoms with Gasteiger partial charge >= 0.3 is 5.97 Å². The highest BCUT2D eigenvalue weighted by Gasteiger charge is 2.42. The third-order valence-corrected chi connectivity index (χ3v) is 3.36. The average molecular weight is 234 g/mol. The van der Waals surface area contributed by atoms with Gasteiger partial charge in [-0.3, -0.25) is 4.79 Å². The van der Waals surface area contributed by atoms with Crippen LogP contribution in [0.2, 0.25) is 0 Å². The normalized spacial score (nSPS) is 28.5. The average Bonchev–Trinajstić information content (AvgIpc) is 2.74. The summed E-state index contributed by atoms with van der Waals surface area (Å²) in [6.07, 6.45) is 0. The first kappa shape index (κ1) is 12.1. The molecule has 4 heteroatoms. The fourth-order valence-corrected chi connectivity index (χ4v) is 2.53. The largest absolute Gasteiger partial charge is 0.480 e. The Labute approximate surface area is 101 Å². The third kappa shape index (κ3) is 2.33. The number of rotatable bonds is 3. The minimum Gasteiger partial charge on any atom is -0.480 e. The Morgan fingerprint density at radius 2 is 1.88 bits per heavy atom. The Bertz CT molecular complexity index is 392. The number of hydrogen-bond donors (Lipinski definition) is 3. The molecule has 1 aliphatic rings. The lowest BCUT2D eigenvalue weighted by atomic mass is 9.81. The number of carboxylic acid groups (broad SMARTS) is 1. The molecule has 0 bridgehead atoms. The molecule has 0 spiro atoms. The highest BCUT2D eigenvalue weighted by Crippen LogP contribution is 2.34. The van der Waals surface area contributed by atoms with Crippen LogP contribution in [0.25, 0.3) is 0 Å². The van der Waals surface area contributed by atoms with E-state index in [1.807, 2.05) is 30.3 Å². The summed E-state index contributed by atoms with van der Waals surface area (Å²) in [5.74, 6) is -0.451. The maximum atomic E-state index is 11.2. The molecule has 17 heavy (non-hydrogen) atoms.